The van der Waals surface area contributed by atoms with Gasteiger partial charge >= 0.3 is 6.03 Å². The van der Waals surface area contributed by atoms with Crippen molar-refractivity contribution < 1.29 is 9.32 Å². The predicted octanol–water partition coefficient (Wildman–Crippen LogP) is 2.79. The summed E-state index contributed by atoms with van der Waals surface area (Å²) in [6.07, 6.45) is 3.10. The molecule has 2 fully saturated rings. The van der Waals surface area contributed by atoms with Gasteiger partial charge in [-0.05, 0) is 36.7 Å². The predicted molar refractivity (Wildman–Crippen MR) is 85.9 cm³/mol. The Bertz CT molecular complexity index is 513. The van der Waals surface area contributed by atoms with Crippen molar-refractivity contribution in [2.24, 2.45) is 5.92 Å². The van der Waals surface area contributed by atoms with Crippen LogP contribution in [0.15, 0.2) is 4.52 Å². The maximum absolute atomic E-state index is 12.4. The highest BCUT2D eigenvalue weighted by atomic mass is 32.2. The minimum Gasteiger partial charge on any atom is -0.339 e. The fourth-order valence-electron chi connectivity index (χ4n) is 2.97. The van der Waals surface area contributed by atoms with E-state index in [0.29, 0.717) is 17.6 Å². The lowest BCUT2D eigenvalue weighted by Crippen LogP contribution is -2.41. The first-order chi connectivity index (χ1) is 10.6. The van der Waals surface area contributed by atoms with Crippen molar-refractivity contribution in [3.05, 3.63) is 11.7 Å². The van der Waals surface area contributed by atoms with Crippen LogP contribution in [-0.4, -0.2) is 45.7 Å². The first-order valence-electron chi connectivity index (χ1n) is 8.11. The molecule has 22 heavy (non-hydrogen) atoms. The molecule has 2 amide bonds. The van der Waals surface area contributed by atoms with E-state index in [1.54, 1.807) is 0 Å². The Balaban J connectivity index is 1.60. The molecule has 0 radical (unpaired) electrons. The molecule has 3 heterocycles. The fraction of sp³-hybridized carbons (Fsp3) is 0.800. The fourth-order valence-corrected chi connectivity index (χ4v) is 4.26. The van der Waals surface area contributed by atoms with Crippen molar-refractivity contribution in [2.75, 3.05) is 24.6 Å². The molecule has 3 rings (SSSR count). The van der Waals surface area contributed by atoms with Crippen LogP contribution in [0.4, 0.5) is 4.79 Å². The zero-order valence-electron chi connectivity index (χ0n) is 13.2. The van der Waals surface area contributed by atoms with Crippen molar-refractivity contribution in [3.63, 3.8) is 0 Å². The number of amides is 2. The average Bonchev–Trinajstić information content (AvgIpc) is 3.23. The standard InChI is InChI=1S/C15H24N4O2S/c1-10(2)14-17-13(18-21-14)12-4-3-6-19(12)15(20)16-8-11-5-7-22-9-11/h10-12H,3-9H2,1-2H3,(H,16,20)/t11-,12-/m1/s1. The average molecular weight is 324 g/mol. The third-order valence-corrected chi connectivity index (χ3v) is 5.56. The lowest BCUT2D eigenvalue weighted by Gasteiger charge is -2.23. The van der Waals surface area contributed by atoms with E-state index in [0.717, 1.165) is 31.7 Å². The number of nitrogens with zero attached hydrogens (tertiary/aromatic N) is 3. The van der Waals surface area contributed by atoms with E-state index in [-0.39, 0.29) is 18.0 Å². The first-order valence-corrected chi connectivity index (χ1v) is 9.26. The molecule has 6 nitrogen and oxygen atoms in total. The van der Waals surface area contributed by atoms with Crippen LogP contribution in [-0.2, 0) is 0 Å². The monoisotopic (exact) mass is 324 g/mol. The van der Waals surface area contributed by atoms with Gasteiger partial charge in [0.1, 0.15) is 0 Å². The Morgan fingerprint density at radius 1 is 1.50 bits per heavy atom. The van der Waals surface area contributed by atoms with Crippen LogP contribution in [0, 0.1) is 5.92 Å². The Labute approximate surface area is 135 Å². The van der Waals surface area contributed by atoms with Crippen LogP contribution < -0.4 is 5.32 Å². The largest absolute Gasteiger partial charge is 0.339 e. The summed E-state index contributed by atoms with van der Waals surface area (Å²) in [4.78, 5) is 18.8. The van der Waals surface area contributed by atoms with Crippen LogP contribution >= 0.6 is 11.8 Å². The summed E-state index contributed by atoms with van der Waals surface area (Å²) in [5.41, 5.74) is 0. The third-order valence-electron chi connectivity index (χ3n) is 4.33. The summed E-state index contributed by atoms with van der Waals surface area (Å²) in [6, 6.07) is -0.0375. The molecule has 2 aliphatic heterocycles. The highest BCUT2D eigenvalue weighted by Crippen LogP contribution is 2.31. The smallest absolute Gasteiger partial charge is 0.318 e. The summed E-state index contributed by atoms with van der Waals surface area (Å²) in [6.45, 7) is 5.59. The number of thioether (sulfide) groups is 1. The number of hydrogen-bond donors (Lipinski definition) is 1. The summed E-state index contributed by atoms with van der Waals surface area (Å²) in [5.74, 6) is 4.50. The van der Waals surface area contributed by atoms with Crippen molar-refractivity contribution >= 4 is 17.8 Å². The molecule has 0 unspecified atom stereocenters. The quantitative estimate of drug-likeness (QED) is 0.922. The van der Waals surface area contributed by atoms with Gasteiger partial charge < -0.3 is 14.7 Å². The van der Waals surface area contributed by atoms with Gasteiger partial charge in [0.2, 0.25) is 5.89 Å². The molecule has 2 aliphatic rings. The molecule has 0 aromatic carbocycles. The van der Waals surface area contributed by atoms with E-state index in [4.69, 9.17) is 4.52 Å². The van der Waals surface area contributed by atoms with Gasteiger partial charge in [-0.3, -0.25) is 0 Å². The van der Waals surface area contributed by atoms with Crippen molar-refractivity contribution in [3.8, 4) is 0 Å². The van der Waals surface area contributed by atoms with E-state index >= 15 is 0 Å². The van der Waals surface area contributed by atoms with Crippen molar-refractivity contribution in [2.45, 2.75) is 45.1 Å². The number of hydrogen-bond acceptors (Lipinski definition) is 5. The van der Waals surface area contributed by atoms with Crippen LogP contribution in [0.2, 0.25) is 0 Å². The van der Waals surface area contributed by atoms with E-state index in [1.807, 2.05) is 30.5 Å². The highest BCUT2D eigenvalue weighted by molar-refractivity contribution is 7.99. The number of aromatic nitrogens is 2. The van der Waals surface area contributed by atoms with Crippen molar-refractivity contribution in [1.82, 2.24) is 20.4 Å². The van der Waals surface area contributed by atoms with Gasteiger partial charge in [-0.2, -0.15) is 16.7 Å². The number of nitrogens with one attached hydrogen (secondary N) is 1. The number of carbonyl (C=O) groups is 1. The van der Waals surface area contributed by atoms with Crippen molar-refractivity contribution in [1.29, 1.82) is 0 Å². The first kappa shape index (κ1) is 15.6. The topological polar surface area (TPSA) is 71.3 Å². The summed E-state index contributed by atoms with van der Waals surface area (Å²) in [7, 11) is 0. The van der Waals surface area contributed by atoms with Gasteiger partial charge in [-0.15, -0.1) is 0 Å². The SMILES string of the molecule is CC(C)c1nc([C@H]2CCCN2C(=O)NC[C@H]2CCSC2)no1. The van der Waals surface area contributed by atoms with Crippen LogP contribution in [0.25, 0.3) is 0 Å². The van der Waals surface area contributed by atoms with E-state index in [9.17, 15) is 4.79 Å². The van der Waals surface area contributed by atoms with E-state index in [2.05, 4.69) is 15.5 Å². The molecule has 1 aromatic rings. The Kier molecular flexibility index (Phi) is 4.90. The van der Waals surface area contributed by atoms with Crippen LogP contribution in [0.5, 0.6) is 0 Å². The molecule has 0 saturated carbocycles. The molecule has 2 atom stereocenters. The molecule has 7 heteroatoms. The lowest BCUT2D eigenvalue weighted by atomic mass is 10.1. The van der Waals surface area contributed by atoms with Gasteiger partial charge in [-0.1, -0.05) is 19.0 Å². The number of rotatable bonds is 4. The lowest BCUT2D eigenvalue weighted by molar-refractivity contribution is 0.188. The summed E-state index contributed by atoms with van der Waals surface area (Å²) >= 11 is 1.97. The number of carbonyl (C=O) groups excluding carboxylic acids is 1. The van der Waals surface area contributed by atoms with E-state index < -0.39 is 0 Å². The van der Waals surface area contributed by atoms with Gasteiger partial charge in [0.05, 0.1) is 6.04 Å². The summed E-state index contributed by atoms with van der Waals surface area (Å²) < 4.78 is 5.29. The van der Waals surface area contributed by atoms with Gasteiger partial charge in [0, 0.05) is 19.0 Å². The number of urea groups is 1. The minimum atomic E-state index is -0.0470. The summed E-state index contributed by atoms with van der Waals surface area (Å²) in [5, 5.41) is 7.16. The second-order valence-electron chi connectivity index (χ2n) is 6.41. The molecule has 2 saturated heterocycles. The normalized spacial score (nSPS) is 25.1. The highest BCUT2D eigenvalue weighted by Gasteiger charge is 2.34. The third kappa shape index (κ3) is 3.39. The molecule has 1 aromatic heterocycles. The maximum Gasteiger partial charge on any atom is 0.318 e. The zero-order valence-corrected chi connectivity index (χ0v) is 14.1. The zero-order chi connectivity index (χ0) is 15.5. The second-order valence-corrected chi connectivity index (χ2v) is 7.56. The Hall–Kier alpha value is -1.24. The van der Waals surface area contributed by atoms with E-state index in [1.165, 1.54) is 12.2 Å². The molecule has 0 spiro atoms. The van der Waals surface area contributed by atoms with Crippen LogP contribution in [0.3, 0.4) is 0 Å². The number of likely N-dealkylation sites (tertiary alicyclic amines) is 1. The van der Waals surface area contributed by atoms with Gasteiger partial charge in [0.25, 0.3) is 0 Å². The van der Waals surface area contributed by atoms with Gasteiger partial charge in [-0.25, -0.2) is 4.79 Å². The molecular weight excluding hydrogens is 300 g/mol. The Morgan fingerprint density at radius 2 is 2.36 bits per heavy atom. The molecule has 1 N–H and O–H groups in total. The minimum absolute atomic E-state index is 0.00953. The second kappa shape index (κ2) is 6.89. The molecular formula is C15H24N4O2S. The molecule has 0 bridgehead atoms. The maximum atomic E-state index is 12.4. The Morgan fingerprint density at radius 3 is 3.05 bits per heavy atom. The van der Waals surface area contributed by atoms with Gasteiger partial charge in [0.15, 0.2) is 5.82 Å². The van der Waals surface area contributed by atoms with Crippen LogP contribution in [0.1, 0.15) is 56.8 Å². The molecule has 122 valence electrons. The molecule has 0 aliphatic carbocycles.